The molecule has 1 unspecified atom stereocenters. The van der Waals surface area contributed by atoms with Crippen molar-refractivity contribution in [2.45, 2.75) is 91.5 Å². The zero-order valence-electron chi connectivity index (χ0n) is 17.1. The van der Waals surface area contributed by atoms with Gasteiger partial charge in [0.05, 0.1) is 0 Å². The van der Waals surface area contributed by atoms with E-state index in [1.807, 2.05) is 0 Å². The van der Waals surface area contributed by atoms with E-state index in [-0.39, 0.29) is 22.7 Å². The van der Waals surface area contributed by atoms with Crippen LogP contribution >= 0.6 is 0 Å². The maximum absolute atomic E-state index is 13.1. The molecule has 3 saturated carbocycles. The van der Waals surface area contributed by atoms with Crippen LogP contribution in [0, 0.1) is 40.4 Å². The average Bonchev–Trinajstić information content (AvgIpc) is 2.98. The summed E-state index contributed by atoms with van der Waals surface area (Å²) in [5.74, 6) is 3.52. The van der Waals surface area contributed by atoms with Gasteiger partial charge in [0, 0.05) is 24.3 Å². The Labute approximate surface area is 159 Å². The molecule has 4 aliphatic rings. The van der Waals surface area contributed by atoms with Gasteiger partial charge in [0.2, 0.25) is 5.91 Å². The molecule has 0 aromatic heterocycles. The number of Topliss-reactive ketones (excluding diaryl/α,β-unsaturated/α-hetero) is 1. The fourth-order valence-corrected chi connectivity index (χ4v) is 7.71. The number of hydrogen-bond donors (Lipinski definition) is 1. The van der Waals surface area contributed by atoms with Crippen molar-refractivity contribution < 1.29 is 9.59 Å². The van der Waals surface area contributed by atoms with Crippen molar-refractivity contribution in [3.05, 3.63) is 0 Å². The number of nitrogens with one attached hydrogen (secondary N) is 1. The topological polar surface area (TPSA) is 46.2 Å². The van der Waals surface area contributed by atoms with E-state index in [4.69, 9.17) is 0 Å². The Hall–Kier alpha value is -0.860. The summed E-state index contributed by atoms with van der Waals surface area (Å²) in [4.78, 5) is 25.0. The SMILES string of the molecule is CCC(C)C(=O)[C@H]1CC[C@H]2[C@@H]3CC[C@H]4NC(=O)CC[C@]4(C)[C@H]3CC[C@]12C. The fourth-order valence-electron chi connectivity index (χ4n) is 7.71. The summed E-state index contributed by atoms with van der Waals surface area (Å²) in [5, 5.41) is 3.32. The van der Waals surface area contributed by atoms with Crippen molar-refractivity contribution in [2.75, 3.05) is 0 Å². The zero-order chi connectivity index (χ0) is 18.7. The molecule has 3 heteroatoms. The van der Waals surface area contributed by atoms with E-state index in [0.29, 0.717) is 24.2 Å². The van der Waals surface area contributed by atoms with Crippen molar-refractivity contribution in [2.24, 2.45) is 40.4 Å². The molecule has 0 bridgehead atoms. The number of ketones is 1. The fraction of sp³-hybridized carbons (Fsp3) is 0.913. The molecule has 26 heavy (non-hydrogen) atoms. The van der Waals surface area contributed by atoms with Crippen molar-refractivity contribution >= 4 is 11.7 Å². The summed E-state index contributed by atoms with van der Waals surface area (Å²) < 4.78 is 0. The number of carbonyl (C=O) groups is 2. The predicted molar refractivity (Wildman–Crippen MR) is 104 cm³/mol. The van der Waals surface area contributed by atoms with Gasteiger partial charge in [-0.3, -0.25) is 9.59 Å². The Kier molecular flexibility index (Phi) is 4.51. The van der Waals surface area contributed by atoms with E-state index < -0.39 is 0 Å². The van der Waals surface area contributed by atoms with Gasteiger partial charge in [-0.1, -0.05) is 27.7 Å². The Morgan fingerprint density at radius 2 is 1.81 bits per heavy atom. The Bertz CT molecular complexity index is 601. The quantitative estimate of drug-likeness (QED) is 0.791. The minimum absolute atomic E-state index is 0.218. The van der Waals surface area contributed by atoms with E-state index in [1.165, 1.54) is 25.7 Å². The van der Waals surface area contributed by atoms with Crippen molar-refractivity contribution in [3.63, 3.8) is 0 Å². The molecular weight excluding hydrogens is 322 g/mol. The Morgan fingerprint density at radius 1 is 1.08 bits per heavy atom. The number of amides is 1. The van der Waals surface area contributed by atoms with Crippen molar-refractivity contribution in [3.8, 4) is 0 Å². The standard InChI is InChI=1S/C23H37NO2/c1-5-14(2)21(26)18-8-7-16-15-6-9-19-23(4,13-11-20(25)24-19)17(15)10-12-22(16,18)3/h14-19H,5-13H2,1-4H3,(H,24,25)/t14?,15-,16-,17-,18+,19+,22-,23+/m0/s1. The molecule has 0 spiro atoms. The lowest BCUT2D eigenvalue weighted by atomic mass is 9.47. The lowest BCUT2D eigenvalue weighted by molar-refractivity contribution is -0.142. The molecule has 1 aliphatic heterocycles. The first kappa shape index (κ1) is 18.5. The van der Waals surface area contributed by atoms with Gasteiger partial charge < -0.3 is 5.32 Å². The van der Waals surface area contributed by atoms with E-state index in [9.17, 15) is 9.59 Å². The van der Waals surface area contributed by atoms with Gasteiger partial charge in [-0.05, 0) is 80.0 Å². The van der Waals surface area contributed by atoms with Gasteiger partial charge in [-0.2, -0.15) is 0 Å². The van der Waals surface area contributed by atoms with Gasteiger partial charge in [-0.25, -0.2) is 0 Å². The van der Waals surface area contributed by atoms with E-state index in [0.717, 1.165) is 43.4 Å². The minimum atomic E-state index is 0.218. The first-order chi connectivity index (χ1) is 12.3. The highest BCUT2D eigenvalue weighted by atomic mass is 16.1. The third-order valence-corrected chi connectivity index (χ3v) is 9.54. The molecule has 3 aliphatic carbocycles. The molecule has 0 aromatic carbocycles. The van der Waals surface area contributed by atoms with Crippen LogP contribution in [0.3, 0.4) is 0 Å². The van der Waals surface area contributed by atoms with E-state index >= 15 is 0 Å². The highest BCUT2D eigenvalue weighted by Gasteiger charge is 2.61. The van der Waals surface area contributed by atoms with Gasteiger partial charge in [0.15, 0.2) is 0 Å². The smallest absolute Gasteiger partial charge is 0.220 e. The Balaban J connectivity index is 1.58. The van der Waals surface area contributed by atoms with Crippen LogP contribution in [0.1, 0.15) is 85.5 Å². The lowest BCUT2D eigenvalue weighted by Gasteiger charge is -2.60. The maximum atomic E-state index is 13.1. The van der Waals surface area contributed by atoms with Gasteiger partial charge in [0.1, 0.15) is 5.78 Å². The third-order valence-electron chi connectivity index (χ3n) is 9.54. The molecule has 4 rings (SSSR count). The number of fused-ring (bicyclic) bond motifs is 5. The molecular formula is C23H37NO2. The minimum Gasteiger partial charge on any atom is -0.353 e. The first-order valence-electron chi connectivity index (χ1n) is 11.1. The molecule has 1 heterocycles. The summed E-state index contributed by atoms with van der Waals surface area (Å²) in [6.07, 6.45) is 9.95. The molecule has 1 amide bonds. The van der Waals surface area contributed by atoms with Crippen molar-refractivity contribution in [1.29, 1.82) is 0 Å². The van der Waals surface area contributed by atoms with Crippen LogP contribution in [0.5, 0.6) is 0 Å². The third kappa shape index (κ3) is 2.52. The molecule has 0 radical (unpaired) electrons. The maximum Gasteiger partial charge on any atom is 0.220 e. The Morgan fingerprint density at radius 3 is 2.54 bits per heavy atom. The second kappa shape index (κ2) is 6.34. The van der Waals surface area contributed by atoms with Crippen LogP contribution in [-0.2, 0) is 9.59 Å². The number of piperidine rings is 1. The molecule has 1 N–H and O–H groups in total. The normalized spacial score (nSPS) is 48.8. The average molecular weight is 360 g/mol. The van der Waals surface area contributed by atoms with Crippen LogP contribution < -0.4 is 5.32 Å². The number of carbonyl (C=O) groups excluding carboxylic acids is 2. The summed E-state index contributed by atoms with van der Waals surface area (Å²) in [6, 6.07) is 0.383. The second-order valence-electron chi connectivity index (χ2n) is 10.5. The van der Waals surface area contributed by atoms with Crippen LogP contribution in [0.4, 0.5) is 0 Å². The zero-order valence-corrected chi connectivity index (χ0v) is 17.1. The van der Waals surface area contributed by atoms with E-state index in [1.54, 1.807) is 0 Å². The highest BCUT2D eigenvalue weighted by Crippen LogP contribution is 2.65. The van der Waals surface area contributed by atoms with Crippen LogP contribution in [0.2, 0.25) is 0 Å². The molecule has 0 aromatic rings. The highest BCUT2D eigenvalue weighted by molar-refractivity contribution is 5.84. The van der Waals surface area contributed by atoms with Crippen LogP contribution in [-0.4, -0.2) is 17.7 Å². The molecule has 146 valence electrons. The van der Waals surface area contributed by atoms with Crippen LogP contribution in [0.25, 0.3) is 0 Å². The monoisotopic (exact) mass is 359 g/mol. The summed E-state index contributed by atoms with van der Waals surface area (Å²) in [7, 11) is 0. The van der Waals surface area contributed by atoms with Gasteiger partial charge in [-0.15, -0.1) is 0 Å². The summed E-state index contributed by atoms with van der Waals surface area (Å²) >= 11 is 0. The van der Waals surface area contributed by atoms with Gasteiger partial charge in [0.25, 0.3) is 0 Å². The van der Waals surface area contributed by atoms with Crippen LogP contribution in [0.15, 0.2) is 0 Å². The molecule has 8 atom stereocenters. The number of hydrogen-bond acceptors (Lipinski definition) is 2. The first-order valence-corrected chi connectivity index (χ1v) is 11.1. The predicted octanol–water partition coefficient (Wildman–Crippen LogP) is 4.74. The second-order valence-corrected chi connectivity index (χ2v) is 10.5. The molecule has 4 fully saturated rings. The lowest BCUT2D eigenvalue weighted by Crippen LogP contribution is -2.61. The summed E-state index contributed by atoms with van der Waals surface area (Å²) in [5.41, 5.74) is 0.500. The van der Waals surface area contributed by atoms with Gasteiger partial charge >= 0.3 is 0 Å². The summed E-state index contributed by atoms with van der Waals surface area (Å²) in [6.45, 7) is 9.17. The number of rotatable bonds is 3. The molecule has 1 saturated heterocycles. The largest absolute Gasteiger partial charge is 0.353 e. The molecule has 3 nitrogen and oxygen atoms in total. The van der Waals surface area contributed by atoms with Crippen molar-refractivity contribution in [1.82, 2.24) is 5.32 Å². The van der Waals surface area contributed by atoms with E-state index in [2.05, 4.69) is 33.0 Å².